The van der Waals surface area contributed by atoms with Crippen LogP contribution in [0.5, 0.6) is 0 Å². The molecule has 0 saturated carbocycles. The molecule has 3 N–H and O–H groups in total. The van der Waals surface area contributed by atoms with Crippen LogP contribution in [0.3, 0.4) is 0 Å². The summed E-state index contributed by atoms with van der Waals surface area (Å²) in [7, 11) is 4.27. The fraction of sp³-hybridized carbons (Fsp3) is 0.538. The van der Waals surface area contributed by atoms with Gasteiger partial charge in [0.1, 0.15) is 11.9 Å². The number of nitrogen functional groups attached to an aromatic ring is 1. The topological polar surface area (TPSA) is 81.2 Å². The van der Waals surface area contributed by atoms with Crippen molar-refractivity contribution < 1.29 is 0 Å². The van der Waals surface area contributed by atoms with Gasteiger partial charge in [0.2, 0.25) is 0 Å². The predicted octanol–water partition coefficient (Wildman–Crippen LogP) is 0.193. The number of nitriles is 1. The van der Waals surface area contributed by atoms with Crippen LogP contribution in [0.15, 0.2) is 12.3 Å². The summed E-state index contributed by atoms with van der Waals surface area (Å²) in [6.45, 7) is 3.99. The maximum atomic E-state index is 8.77. The Hall–Kier alpha value is -1.84. The lowest BCUT2D eigenvalue weighted by Crippen LogP contribution is -2.52. The summed E-state index contributed by atoms with van der Waals surface area (Å²) in [4.78, 5) is 8.85. The lowest BCUT2D eigenvalue weighted by Gasteiger charge is -2.37. The minimum atomic E-state index is 0.440. The molecule has 0 bridgehead atoms. The molecule has 1 aromatic rings. The van der Waals surface area contributed by atoms with E-state index in [-0.39, 0.29) is 0 Å². The van der Waals surface area contributed by atoms with E-state index in [1.807, 2.05) is 6.07 Å². The molecule has 0 radical (unpaired) electrons. The van der Waals surface area contributed by atoms with Gasteiger partial charge in [-0.15, -0.1) is 0 Å². The highest BCUT2D eigenvalue weighted by atomic mass is 15.3. The van der Waals surface area contributed by atoms with Crippen LogP contribution in [0.1, 0.15) is 5.56 Å². The molecule has 0 aliphatic carbocycles. The van der Waals surface area contributed by atoms with E-state index in [2.05, 4.69) is 34.2 Å². The molecule has 6 heteroatoms. The Morgan fingerprint density at radius 3 is 3.00 bits per heavy atom. The number of nitrogens with zero attached hydrogens (tertiary/aromatic N) is 4. The molecular weight excluding hydrogens is 240 g/mol. The number of anilines is 2. The third kappa shape index (κ3) is 3.34. The van der Waals surface area contributed by atoms with E-state index in [4.69, 9.17) is 11.0 Å². The Labute approximate surface area is 113 Å². The van der Waals surface area contributed by atoms with Gasteiger partial charge in [0, 0.05) is 38.4 Å². The number of likely N-dealkylation sites (N-methyl/N-ethyl adjacent to an activating group) is 2. The van der Waals surface area contributed by atoms with Crippen LogP contribution in [0.25, 0.3) is 0 Å². The van der Waals surface area contributed by atoms with Crippen LogP contribution in [-0.4, -0.2) is 61.1 Å². The summed E-state index contributed by atoms with van der Waals surface area (Å²) in [6, 6.07) is 4.11. The molecule has 102 valence electrons. The van der Waals surface area contributed by atoms with Gasteiger partial charge in [0.05, 0.1) is 11.3 Å². The van der Waals surface area contributed by atoms with Crippen LogP contribution >= 0.6 is 0 Å². The van der Waals surface area contributed by atoms with Crippen molar-refractivity contribution in [3.05, 3.63) is 17.8 Å². The monoisotopic (exact) mass is 260 g/mol. The van der Waals surface area contributed by atoms with E-state index in [1.165, 1.54) is 6.20 Å². The molecular formula is C13H20N6. The van der Waals surface area contributed by atoms with Gasteiger partial charge in [-0.25, -0.2) is 4.98 Å². The SMILES string of the molecule is CN1CCN(C)C(CNc2ncc(C#N)cc2N)C1. The lowest BCUT2D eigenvalue weighted by atomic mass is 10.2. The van der Waals surface area contributed by atoms with Gasteiger partial charge in [-0.2, -0.15) is 5.26 Å². The minimum absolute atomic E-state index is 0.440. The Bertz CT molecular complexity index is 481. The quantitative estimate of drug-likeness (QED) is 0.807. The molecule has 2 heterocycles. The van der Waals surface area contributed by atoms with Crippen molar-refractivity contribution in [3.63, 3.8) is 0 Å². The highest BCUT2D eigenvalue weighted by molar-refractivity contribution is 5.63. The fourth-order valence-corrected chi connectivity index (χ4v) is 2.23. The van der Waals surface area contributed by atoms with Crippen molar-refractivity contribution in [1.29, 1.82) is 5.26 Å². The largest absolute Gasteiger partial charge is 0.396 e. The molecule has 1 atom stereocenters. The summed E-state index contributed by atoms with van der Waals surface area (Å²) in [6.07, 6.45) is 1.54. The van der Waals surface area contributed by atoms with Gasteiger partial charge in [0.25, 0.3) is 0 Å². The van der Waals surface area contributed by atoms with Crippen LogP contribution in [0.4, 0.5) is 11.5 Å². The third-order valence-corrected chi connectivity index (χ3v) is 3.53. The molecule has 1 unspecified atom stereocenters. The second kappa shape index (κ2) is 5.87. The molecule has 19 heavy (non-hydrogen) atoms. The summed E-state index contributed by atoms with van der Waals surface area (Å²) < 4.78 is 0. The average Bonchev–Trinajstić information content (AvgIpc) is 2.40. The molecule has 0 spiro atoms. The zero-order valence-corrected chi connectivity index (χ0v) is 11.4. The number of pyridine rings is 1. The van der Waals surface area contributed by atoms with E-state index in [9.17, 15) is 0 Å². The zero-order chi connectivity index (χ0) is 13.8. The van der Waals surface area contributed by atoms with E-state index in [1.54, 1.807) is 6.07 Å². The lowest BCUT2D eigenvalue weighted by molar-refractivity contribution is 0.122. The van der Waals surface area contributed by atoms with E-state index < -0.39 is 0 Å². The second-order valence-electron chi connectivity index (χ2n) is 5.05. The normalized spacial score (nSPS) is 21.0. The number of aromatic nitrogens is 1. The number of piperazine rings is 1. The number of nitrogens with one attached hydrogen (secondary N) is 1. The third-order valence-electron chi connectivity index (χ3n) is 3.53. The molecule has 6 nitrogen and oxygen atoms in total. The summed E-state index contributed by atoms with van der Waals surface area (Å²) in [5, 5.41) is 12.0. The Kier molecular flexibility index (Phi) is 4.20. The molecule has 1 aliphatic heterocycles. The molecule has 1 fully saturated rings. The Balaban J connectivity index is 1.96. The molecule has 0 amide bonds. The van der Waals surface area contributed by atoms with Crippen LogP contribution in [0, 0.1) is 11.3 Å². The van der Waals surface area contributed by atoms with Gasteiger partial charge >= 0.3 is 0 Å². The van der Waals surface area contributed by atoms with Crippen molar-refractivity contribution >= 4 is 11.5 Å². The maximum Gasteiger partial charge on any atom is 0.149 e. The first-order valence-corrected chi connectivity index (χ1v) is 6.38. The number of hydrogen-bond donors (Lipinski definition) is 2. The highest BCUT2D eigenvalue weighted by Crippen LogP contribution is 2.16. The van der Waals surface area contributed by atoms with E-state index >= 15 is 0 Å². The maximum absolute atomic E-state index is 8.77. The summed E-state index contributed by atoms with van der Waals surface area (Å²) in [5.41, 5.74) is 6.88. The van der Waals surface area contributed by atoms with Gasteiger partial charge in [-0.3, -0.25) is 4.90 Å². The number of nitrogens with two attached hydrogens (primary N) is 1. The van der Waals surface area contributed by atoms with Crippen molar-refractivity contribution in [2.45, 2.75) is 6.04 Å². The Morgan fingerprint density at radius 2 is 2.32 bits per heavy atom. The van der Waals surface area contributed by atoms with Crippen molar-refractivity contribution in [1.82, 2.24) is 14.8 Å². The van der Waals surface area contributed by atoms with Gasteiger partial charge in [0.15, 0.2) is 0 Å². The van der Waals surface area contributed by atoms with Crippen molar-refractivity contribution in [2.24, 2.45) is 0 Å². The van der Waals surface area contributed by atoms with Crippen LogP contribution < -0.4 is 11.1 Å². The predicted molar refractivity (Wildman–Crippen MR) is 75.8 cm³/mol. The Morgan fingerprint density at radius 1 is 1.53 bits per heavy atom. The van der Waals surface area contributed by atoms with E-state index in [0.717, 1.165) is 26.2 Å². The first-order chi connectivity index (χ1) is 9.10. The smallest absolute Gasteiger partial charge is 0.149 e. The van der Waals surface area contributed by atoms with E-state index in [0.29, 0.717) is 23.1 Å². The van der Waals surface area contributed by atoms with Crippen molar-refractivity contribution in [2.75, 3.05) is 51.3 Å². The molecule has 2 rings (SSSR count). The summed E-state index contributed by atoms with van der Waals surface area (Å²) in [5.74, 6) is 0.653. The minimum Gasteiger partial charge on any atom is -0.396 e. The number of hydrogen-bond acceptors (Lipinski definition) is 6. The first kappa shape index (κ1) is 13.6. The van der Waals surface area contributed by atoms with Gasteiger partial charge < -0.3 is 16.0 Å². The molecule has 1 aromatic heterocycles. The standard InChI is InChI=1S/C13H20N6/c1-18-3-4-19(2)11(9-18)8-17-13-12(15)5-10(6-14)7-16-13/h5,7,11H,3-4,8-9,15H2,1-2H3,(H,16,17). The van der Waals surface area contributed by atoms with Crippen LogP contribution in [-0.2, 0) is 0 Å². The second-order valence-corrected chi connectivity index (χ2v) is 5.05. The first-order valence-electron chi connectivity index (χ1n) is 6.38. The average molecular weight is 260 g/mol. The zero-order valence-electron chi connectivity index (χ0n) is 11.4. The molecule has 1 saturated heterocycles. The molecule has 0 aromatic carbocycles. The van der Waals surface area contributed by atoms with Crippen molar-refractivity contribution in [3.8, 4) is 6.07 Å². The highest BCUT2D eigenvalue weighted by Gasteiger charge is 2.21. The van der Waals surface area contributed by atoms with Gasteiger partial charge in [-0.05, 0) is 20.2 Å². The van der Waals surface area contributed by atoms with Crippen LogP contribution in [0.2, 0.25) is 0 Å². The molecule has 1 aliphatic rings. The number of rotatable bonds is 3. The fourth-order valence-electron chi connectivity index (χ4n) is 2.23. The summed E-state index contributed by atoms with van der Waals surface area (Å²) >= 11 is 0. The van der Waals surface area contributed by atoms with Gasteiger partial charge in [-0.1, -0.05) is 0 Å².